The Bertz CT molecular complexity index is 1050. The first-order valence-corrected chi connectivity index (χ1v) is 12.1. The van der Waals surface area contributed by atoms with E-state index in [1.807, 2.05) is 22.7 Å². The lowest BCUT2D eigenvalue weighted by atomic mass is 10.1. The molecule has 0 bridgehead atoms. The zero-order chi connectivity index (χ0) is 22.4. The Morgan fingerprint density at radius 2 is 1.13 bits per heavy atom. The molecule has 0 spiro atoms. The number of thiophene rings is 1. The van der Waals surface area contributed by atoms with Crippen molar-refractivity contribution in [2.45, 2.75) is 0 Å². The minimum Gasteiger partial charge on any atom is -0.370 e. The topological polar surface area (TPSA) is 95.5 Å². The third kappa shape index (κ3) is 7.09. The average molecular weight is 474 g/mol. The molecule has 0 aliphatic heterocycles. The van der Waals surface area contributed by atoms with Crippen LogP contribution in [0.3, 0.4) is 0 Å². The van der Waals surface area contributed by atoms with Gasteiger partial charge in [-0.25, -0.2) is 18.6 Å². The minimum atomic E-state index is -4.94. The zero-order valence-corrected chi connectivity index (χ0v) is 19.2. The Morgan fingerprint density at radius 1 is 0.677 bits per heavy atom. The Hall–Kier alpha value is -2.36. The molecule has 2 aromatic carbocycles. The molecule has 2 heterocycles. The van der Waals surface area contributed by atoms with Gasteiger partial charge in [-0.3, -0.25) is 0 Å². The molecule has 31 heavy (non-hydrogen) atoms. The Labute approximate surface area is 191 Å². The van der Waals surface area contributed by atoms with Crippen molar-refractivity contribution in [2.75, 3.05) is 19.0 Å². The van der Waals surface area contributed by atoms with Gasteiger partial charge in [-0.05, 0) is 36.4 Å². The Kier molecular flexibility index (Phi) is 7.74. The van der Waals surface area contributed by atoms with E-state index in [0.717, 1.165) is 0 Å². The van der Waals surface area contributed by atoms with Gasteiger partial charge in [-0.15, -0.1) is 21.6 Å². The molecular weight excluding hydrogens is 454 g/mol. The molecule has 8 heteroatoms. The molecule has 0 aliphatic carbocycles. The van der Waals surface area contributed by atoms with E-state index in [1.165, 1.54) is 36.3 Å². The SMILES string of the molecule is CN(C)c1ccc(-c2cc(-c3ccccc3)[s+]c(-c3ccccc3)c2)s1.[O-][Cl+3]([O-])([O-])[O-]. The minimum absolute atomic E-state index is 1.26. The first-order chi connectivity index (χ1) is 14.7. The van der Waals surface area contributed by atoms with Gasteiger partial charge in [0.25, 0.3) is 0 Å². The van der Waals surface area contributed by atoms with Gasteiger partial charge >= 0.3 is 0 Å². The van der Waals surface area contributed by atoms with Gasteiger partial charge < -0.3 is 4.90 Å². The van der Waals surface area contributed by atoms with Crippen LogP contribution in [0.4, 0.5) is 5.00 Å². The predicted molar refractivity (Wildman–Crippen MR) is 117 cm³/mol. The molecule has 4 rings (SSSR count). The van der Waals surface area contributed by atoms with E-state index < -0.39 is 10.2 Å². The smallest absolute Gasteiger partial charge is 0.239 e. The first-order valence-electron chi connectivity index (χ1n) is 9.19. The largest absolute Gasteiger partial charge is 0.370 e. The van der Waals surface area contributed by atoms with Gasteiger partial charge in [-0.2, -0.15) is 0 Å². The lowest BCUT2D eigenvalue weighted by molar-refractivity contribution is -2.00. The van der Waals surface area contributed by atoms with E-state index in [1.54, 1.807) is 0 Å². The molecule has 0 radical (unpaired) electrons. The quantitative estimate of drug-likeness (QED) is 0.424. The molecule has 5 nitrogen and oxygen atoms in total. The number of anilines is 1. The van der Waals surface area contributed by atoms with Crippen LogP contribution in [0.25, 0.3) is 31.3 Å². The van der Waals surface area contributed by atoms with Crippen LogP contribution in [0, 0.1) is 10.2 Å². The van der Waals surface area contributed by atoms with E-state index in [2.05, 4.69) is 104 Å². The fourth-order valence-corrected chi connectivity index (χ4v) is 4.89. The third-order valence-electron chi connectivity index (χ3n) is 4.23. The standard InChI is InChI=1S/C23H20NS2.ClHO4/c1-24(2)23-14-13-20(26-23)19-15-21(17-9-5-3-6-10-17)25-22(16-19)18-11-7-4-8-12-18;2-1(3,4)5/h3-16H,1-2H3;(H,2,3,4,5)/q+1;/p-1. The van der Waals surface area contributed by atoms with Crippen molar-refractivity contribution in [3.8, 4) is 31.3 Å². The second-order valence-corrected chi connectivity index (χ2v) is 9.62. The van der Waals surface area contributed by atoms with Gasteiger partial charge in [-0.1, -0.05) is 36.4 Å². The average Bonchev–Trinajstić information content (AvgIpc) is 3.24. The van der Waals surface area contributed by atoms with Crippen molar-refractivity contribution < 1.29 is 28.9 Å². The van der Waals surface area contributed by atoms with Crippen LogP contribution in [0.2, 0.25) is 0 Å². The number of rotatable bonds is 4. The molecule has 0 N–H and O–H groups in total. The fourth-order valence-electron chi connectivity index (χ4n) is 2.86. The maximum atomic E-state index is 8.49. The van der Waals surface area contributed by atoms with Crippen LogP contribution in [0.15, 0.2) is 84.9 Å². The van der Waals surface area contributed by atoms with Crippen molar-refractivity contribution in [1.29, 1.82) is 0 Å². The van der Waals surface area contributed by atoms with E-state index in [0.29, 0.717) is 0 Å². The highest BCUT2D eigenvalue weighted by Gasteiger charge is 2.19. The summed E-state index contributed by atoms with van der Waals surface area (Å²) < 4.78 is 34.0. The summed E-state index contributed by atoms with van der Waals surface area (Å²) in [6, 6.07) is 30.3. The second kappa shape index (κ2) is 10.3. The summed E-state index contributed by atoms with van der Waals surface area (Å²) in [6.45, 7) is 0. The van der Waals surface area contributed by atoms with Gasteiger partial charge in [0.1, 0.15) is 0 Å². The number of hydrogen-bond acceptors (Lipinski definition) is 6. The molecule has 0 atom stereocenters. The van der Waals surface area contributed by atoms with Crippen LogP contribution in [-0.2, 0) is 0 Å². The van der Waals surface area contributed by atoms with Crippen LogP contribution >= 0.6 is 22.7 Å². The summed E-state index contributed by atoms with van der Waals surface area (Å²) in [6.07, 6.45) is 0. The molecule has 0 saturated carbocycles. The van der Waals surface area contributed by atoms with Crippen LogP contribution in [0.1, 0.15) is 0 Å². The highest BCUT2D eigenvalue weighted by atomic mass is 35.7. The van der Waals surface area contributed by atoms with Crippen molar-refractivity contribution in [2.24, 2.45) is 0 Å². The maximum Gasteiger partial charge on any atom is 0.239 e. The zero-order valence-electron chi connectivity index (χ0n) is 16.9. The number of benzene rings is 2. The lowest BCUT2D eigenvalue weighted by Crippen LogP contribution is -2.68. The van der Waals surface area contributed by atoms with Crippen molar-refractivity contribution >= 4 is 27.7 Å². The highest BCUT2D eigenvalue weighted by molar-refractivity contribution is 7.20. The summed E-state index contributed by atoms with van der Waals surface area (Å²) in [4.78, 5) is 6.05. The molecule has 160 valence electrons. The third-order valence-corrected chi connectivity index (χ3v) is 6.68. The summed E-state index contributed by atoms with van der Waals surface area (Å²) in [5, 5.41) is 1.27. The molecule has 0 unspecified atom stereocenters. The molecule has 4 aromatic rings. The summed E-state index contributed by atoms with van der Waals surface area (Å²) >= 11 is 3.68. The predicted octanol–water partition coefficient (Wildman–Crippen LogP) is 2.40. The van der Waals surface area contributed by atoms with Gasteiger partial charge in [0.2, 0.25) is 21.1 Å². The van der Waals surface area contributed by atoms with Gasteiger partial charge in [0.15, 0.2) is 0 Å². The van der Waals surface area contributed by atoms with E-state index in [9.17, 15) is 0 Å². The Morgan fingerprint density at radius 3 is 1.52 bits per heavy atom. The van der Waals surface area contributed by atoms with Crippen molar-refractivity contribution in [3.63, 3.8) is 0 Å². The van der Waals surface area contributed by atoms with Crippen LogP contribution < -0.4 is 23.5 Å². The normalized spacial score (nSPS) is 10.9. The monoisotopic (exact) mass is 473 g/mol. The summed E-state index contributed by atoms with van der Waals surface area (Å²) in [5.41, 5.74) is 3.81. The molecule has 0 aliphatic rings. The van der Waals surface area contributed by atoms with E-state index in [-0.39, 0.29) is 0 Å². The van der Waals surface area contributed by atoms with E-state index in [4.69, 9.17) is 18.6 Å². The maximum absolute atomic E-state index is 8.49. The molecule has 0 fully saturated rings. The van der Waals surface area contributed by atoms with Gasteiger partial charge in [0.05, 0.1) is 5.00 Å². The number of halogens is 1. The second-order valence-electron chi connectivity index (χ2n) is 6.72. The van der Waals surface area contributed by atoms with Crippen LogP contribution in [-0.4, -0.2) is 14.1 Å². The molecule has 0 amide bonds. The van der Waals surface area contributed by atoms with Crippen molar-refractivity contribution in [3.05, 3.63) is 84.9 Å². The number of nitrogens with zero attached hydrogens (tertiary/aromatic N) is 1. The lowest BCUT2D eigenvalue weighted by Gasteiger charge is -2.17. The molecule has 0 saturated heterocycles. The Balaban J connectivity index is 0.000000491. The first kappa shape index (κ1) is 23.3. The fraction of sp³-hybridized carbons (Fsp3) is 0.0870. The van der Waals surface area contributed by atoms with Gasteiger partial charge in [0, 0.05) is 47.8 Å². The van der Waals surface area contributed by atoms with Crippen molar-refractivity contribution in [1.82, 2.24) is 0 Å². The molecule has 2 aromatic heterocycles. The summed E-state index contributed by atoms with van der Waals surface area (Å²) in [5.74, 6) is 0. The van der Waals surface area contributed by atoms with E-state index >= 15 is 0 Å². The summed E-state index contributed by atoms with van der Waals surface area (Å²) in [7, 11) is -0.763. The molecular formula is C23H20ClNO4S2. The van der Waals surface area contributed by atoms with Crippen LogP contribution in [0.5, 0.6) is 0 Å². The highest BCUT2D eigenvalue weighted by Crippen LogP contribution is 2.40. The number of hydrogen-bond donors (Lipinski definition) is 0.